The van der Waals surface area contributed by atoms with Gasteiger partial charge in [-0.05, 0) is 39.7 Å². The van der Waals surface area contributed by atoms with Crippen molar-refractivity contribution in [1.82, 2.24) is 10.3 Å². The maximum Gasteiger partial charge on any atom is 0.416 e. The Morgan fingerprint density at radius 1 is 1.26 bits per heavy atom. The van der Waals surface area contributed by atoms with Gasteiger partial charge in [-0.25, -0.2) is 0 Å². The zero-order valence-corrected chi connectivity index (χ0v) is 13.2. The van der Waals surface area contributed by atoms with Crippen molar-refractivity contribution >= 4 is 21.8 Å². The molecule has 1 aromatic heterocycles. The molecule has 8 heteroatoms. The SMILES string of the molecule is O=C(NCC(O)c1ccc(C(F)(F)F)cc1)c1cncc(Br)c1. The van der Waals surface area contributed by atoms with Crippen LogP contribution in [-0.2, 0) is 6.18 Å². The molecule has 0 fully saturated rings. The zero-order valence-electron chi connectivity index (χ0n) is 11.6. The predicted molar refractivity (Wildman–Crippen MR) is 80.7 cm³/mol. The van der Waals surface area contributed by atoms with Gasteiger partial charge in [0.05, 0.1) is 17.2 Å². The molecule has 1 amide bonds. The van der Waals surface area contributed by atoms with Gasteiger partial charge in [0.2, 0.25) is 0 Å². The number of carbonyl (C=O) groups is 1. The lowest BCUT2D eigenvalue weighted by Crippen LogP contribution is -2.28. The number of hydrogen-bond donors (Lipinski definition) is 2. The molecular weight excluding hydrogens is 377 g/mol. The normalized spacial score (nSPS) is 12.7. The molecule has 0 aliphatic carbocycles. The van der Waals surface area contributed by atoms with E-state index >= 15 is 0 Å². The minimum absolute atomic E-state index is 0.128. The van der Waals surface area contributed by atoms with Gasteiger partial charge in [0.1, 0.15) is 0 Å². The maximum absolute atomic E-state index is 12.5. The fraction of sp³-hybridized carbons (Fsp3) is 0.200. The quantitative estimate of drug-likeness (QED) is 0.844. The molecule has 4 nitrogen and oxygen atoms in total. The monoisotopic (exact) mass is 388 g/mol. The standard InChI is InChI=1S/C15H12BrF3N2O2/c16-12-5-10(6-20-7-12)14(23)21-8-13(22)9-1-3-11(4-2-9)15(17,18)19/h1-7,13,22H,8H2,(H,21,23). The first-order valence-electron chi connectivity index (χ1n) is 6.51. The summed E-state index contributed by atoms with van der Waals surface area (Å²) in [6.45, 7) is -0.128. The first kappa shape index (κ1) is 17.4. The third kappa shape index (κ3) is 4.77. The van der Waals surface area contributed by atoms with E-state index in [1.807, 2.05) is 0 Å². The maximum atomic E-state index is 12.5. The molecule has 0 aliphatic heterocycles. The van der Waals surface area contributed by atoms with Gasteiger partial charge in [-0.15, -0.1) is 0 Å². The first-order valence-corrected chi connectivity index (χ1v) is 7.30. The number of carbonyl (C=O) groups excluding carboxylic acids is 1. The summed E-state index contributed by atoms with van der Waals surface area (Å²) >= 11 is 3.19. The fourth-order valence-corrected chi connectivity index (χ4v) is 2.20. The van der Waals surface area contributed by atoms with Crippen LogP contribution in [-0.4, -0.2) is 22.5 Å². The van der Waals surface area contributed by atoms with Crippen LogP contribution in [0.1, 0.15) is 27.6 Å². The van der Waals surface area contributed by atoms with Crippen LogP contribution in [0.15, 0.2) is 47.2 Å². The number of aliphatic hydroxyl groups excluding tert-OH is 1. The molecule has 2 rings (SSSR count). The molecule has 122 valence electrons. The van der Waals surface area contributed by atoms with E-state index in [9.17, 15) is 23.1 Å². The smallest absolute Gasteiger partial charge is 0.387 e. The second-order valence-corrected chi connectivity index (χ2v) is 5.65. The summed E-state index contributed by atoms with van der Waals surface area (Å²) in [6.07, 6.45) is -2.65. The highest BCUT2D eigenvalue weighted by Gasteiger charge is 2.30. The second-order valence-electron chi connectivity index (χ2n) is 4.74. The van der Waals surface area contributed by atoms with Crippen LogP contribution in [0.5, 0.6) is 0 Å². The lowest BCUT2D eigenvalue weighted by atomic mass is 10.1. The van der Waals surface area contributed by atoms with E-state index in [1.54, 1.807) is 6.07 Å². The topological polar surface area (TPSA) is 62.2 Å². The van der Waals surface area contributed by atoms with Gasteiger partial charge in [-0.3, -0.25) is 9.78 Å². The Kier molecular flexibility index (Phi) is 5.38. The second kappa shape index (κ2) is 7.10. The summed E-state index contributed by atoms with van der Waals surface area (Å²) in [6, 6.07) is 5.70. The van der Waals surface area contributed by atoms with E-state index in [2.05, 4.69) is 26.2 Å². The van der Waals surface area contributed by atoms with E-state index in [4.69, 9.17) is 0 Å². The molecule has 1 aromatic carbocycles. The average Bonchev–Trinajstić information content (AvgIpc) is 2.51. The van der Waals surface area contributed by atoms with Crippen molar-refractivity contribution in [3.05, 3.63) is 63.9 Å². The minimum Gasteiger partial charge on any atom is -0.387 e. The molecule has 0 aliphatic rings. The number of nitrogens with zero attached hydrogens (tertiary/aromatic N) is 1. The Morgan fingerprint density at radius 3 is 2.48 bits per heavy atom. The molecule has 1 atom stereocenters. The number of nitrogens with one attached hydrogen (secondary N) is 1. The number of halogens is 4. The highest BCUT2D eigenvalue weighted by Crippen LogP contribution is 2.29. The highest BCUT2D eigenvalue weighted by molar-refractivity contribution is 9.10. The molecule has 1 heterocycles. The molecule has 2 N–H and O–H groups in total. The predicted octanol–water partition coefficient (Wildman–Crippen LogP) is 3.33. The van der Waals surface area contributed by atoms with Gasteiger partial charge in [-0.2, -0.15) is 13.2 Å². The summed E-state index contributed by atoms with van der Waals surface area (Å²) in [5.74, 6) is -0.440. The van der Waals surface area contributed by atoms with E-state index in [0.717, 1.165) is 12.1 Å². The summed E-state index contributed by atoms with van der Waals surface area (Å²) in [5.41, 5.74) is -0.206. The first-order chi connectivity index (χ1) is 10.8. The molecule has 0 saturated heterocycles. The average molecular weight is 389 g/mol. The van der Waals surface area contributed by atoms with E-state index in [1.165, 1.54) is 24.5 Å². The van der Waals surface area contributed by atoms with Crippen LogP contribution in [0.4, 0.5) is 13.2 Å². The number of benzene rings is 1. The largest absolute Gasteiger partial charge is 0.416 e. The molecular formula is C15H12BrF3N2O2. The van der Waals surface area contributed by atoms with Gasteiger partial charge in [0.25, 0.3) is 5.91 Å². The fourth-order valence-electron chi connectivity index (χ4n) is 1.84. The van der Waals surface area contributed by atoms with Crippen molar-refractivity contribution in [3.63, 3.8) is 0 Å². The van der Waals surface area contributed by atoms with E-state index in [-0.39, 0.29) is 12.1 Å². The van der Waals surface area contributed by atoms with Crippen molar-refractivity contribution in [1.29, 1.82) is 0 Å². The lowest BCUT2D eigenvalue weighted by molar-refractivity contribution is -0.137. The van der Waals surface area contributed by atoms with Crippen LogP contribution in [0.25, 0.3) is 0 Å². The Balaban J connectivity index is 1.97. The molecule has 0 radical (unpaired) electrons. The summed E-state index contributed by atoms with van der Waals surface area (Å²) in [7, 11) is 0. The molecule has 23 heavy (non-hydrogen) atoms. The van der Waals surface area contributed by atoms with Crippen molar-refractivity contribution < 1.29 is 23.1 Å². The van der Waals surface area contributed by atoms with Crippen LogP contribution in [0.3, 0.4) is 0 Å². The van der Waals surface area contributed by atoms with Crippen LogP contribution in [0, 0.1) is 0 Å². The van der Waals surface area contributed by atoms with Gasteiger partial charge in [0.15, 0.2) is 0 Å². The van der Waals surface area contributed by atoms with Gasteiger partial charge in [-0.1, -0.05) is 12.1 Å². The van der Waals surface area contributed by atoms with E-state index in [0.29, 0.717) is 10.0 Å². The summed E-state index contributed by atoms with van der Waals surface area (Å²) in [5, 5.41) is 12.4. The third-order valence-electron chi connectivity index (χ3n) is 3.05. The van der Waals surface area contributed by atoms with Crippen molar-refractivity contribution in [3.8, 4) is 0 Å². The summed E-state index contributed by atoms with van der Waals surface area (Å²) in [4.78, 5) is 15.7. The number of aromatic nitrogens is 1. The van der Waals surface area contributed by atoms with Crippen LogP contribution < -0.4 is 5.32 Å². The number of rotatable bonds is 4. The van der Waals surface area contributed by atoms with Crippen molar-refractivity contribution in [2.45, 2.75) is 12.3 Å². The number of alkyl halides is 3. The van der Waals surface area contributed by atoms with Crippen molar-refractivity contribution in [2.75, 3.05) is 6.54 Å². The van der Waals surface area contributed by atoms with Crippen LogP contribution in [0.2, 0.25) is 0 Å². The molecule has 2 aromatic rings. The summed E-state index contributed by atoms with van der Waals surface area (Å²) < 4.78 is 38.0. The number of amides is 1. The van der Waals surface area contributed by atoms with Gasteiger partial charge >= 0.3 is 6.18 Å². The molecule has 0 saturated carbocycles. The molecule has 1 unspecified atom stereocenters. The Hall–Kier alpha value is -1.93. The van der Waals surface area contributed by atoms with Gasteiger partial charge < -0.3 is 10.4 Å². The third-order valence-corrected chi connectivity index (χ3v) is 3.48. The molecule has 0 spiro atoms. The van der Waals surface area contributed by atoms with Crippen LogP contribution >= 0.6 is 15.9 Å². The van der Waals surface area contributed by atoms with E-state index < -0.39 is 23.8 Å². The number of aliphatic hydroxyl groups is 1. The van der Waals surface area contributed by atoms with Gasteiger partial charge in [0, 0.05) is 23.4 Å². The zero-order chi connectivity index (χ0) is 17.0. The van der Waals surface area contributed by atoms with Crippen molar-refractivity contribution in [2.24, 2.45) is 0 Å². The Morgan fingerprint density at radius 2 is 1.91 bits per heavy atom. The lowest BCUT2D eigenvalue weighted by Gasteiger charge is -2.13. The Labute approximate surface area is 138 Å². The Bertz CT molecular complexity index is 690. The number of hydrogen-bond acceptors (Lipinski definition) is 3. The minimum atomic E-state index is -4.43. The highest BCUT2D eigenvalue weighted by atomic mass is 79.9. The number of pyridine rings is 1. The molecule has 0 bridgehead atoms.